The zero-order chi connectivity index (χ0) is 19.3. The fraction of sp³-hybridized carbons (Fsp3) is 0.304. The SMILES string of the molecule is COc1cc(C)c(-c2ccc3c(c2O)[C@H](C)N[C@H](C)C3)c2cccc(O)c12. The minimum atomic E-state index is 0.0851. The summed E-state index contributed by atoms with van der Waals surface area (Å²) in [4.78, 5) is 0. The van der Waals surface area contributed by atoms with E-state index in [0.29, 0.717) is 22.9 Å². The van der Waals surface area contributed by atoms with Gasteiger partial charge >= 0.3 is 0 Å². The van der Waals surface area contributed by atoms with Crippen LogP contribution in [0.4, 0.5) is 0 Å². The lowest BCUT2D eigenvalue weighted by Crippen LogP contribution is -2.36. The quantitative estimate of drug-likeness (QED) is 0.610. The average molecular weight is 363 g/mol. The molecule has 4 rings (SSSR count). The molecule has 0 radical (unpaired) electrons. The summed E-state index contributed by atoms with van der Waals surface area (Å²) < 4.78 is 5.50. The Morgan fingerprint density at radius 2 is 1.89 bits per heavy atom. The van der Waals surface area contributed by atoms with Crippen molar-refractivity contribution in [3.63, 3.8) is 0 Å². The molecule has 1 aliphatic rings. The molecule has 0 aliphatic carbocycles. The van der Waals surface area contributed by atoms with E-state index in [0.717, 1.165) is 34.1 Å². The molecule has 0 aromatic heterocycles. The van der Waals surface area contributed by atoms with Crippen LogP contribution in [0.5, 0.6) is 17.2 Å². The zero-order valence-corrected chi connectivity index (χ0v) is 16.1. The first-order valence-electron chi connectivity index (χ1n) is 9.32. The van der Waals surface area contributed by atoms with Crippen molar-refractivity contribution in [1.29, 1.82) is 0 Å². The predicted molar refractivity (Wildman–Crippen MR) is 109 cm³/mol. The Morgan fingerprint density at radius 1 is 1.11 bits per heavy atom. The molecular weight excluding hydrogens is 338 g/mol. The van der Waals surface area contributed by atoms with Crippen LogP contribution < -0.4 is 10.1 Å². The van der Waals surface area contributed by atoms with Crippen LogP contribution in [-0.2, 0) is 6.42 Å². The maximum Gasteiger partial charge on any atom is 0.130 e. The van der Waals surface area contributed by atoms with Gasteiger partial charge in [-0.25, -0.2) is 0 Å². The first-order chi connectivity index (χ1) is 12.9. The summed E-state index contributed by atoms with van der Waals surface area (Å²) in [6, 6.07) is 11.9. The summed E-state index contributed by atoms with van der Waals surface area (Å²) >= 11 is 0. The van der Waals surface area contributed by atoms with E-state index in [1.54, 1.807) is 13.2 Å². The molecule has 4 heteroatoms. The molecule has 3 aromatic carbocycles. The molecule has 0 unspecified atom stereocenters. The van der Waals surface area contributed by atoms with Gasteiger partial charge in [0, 0.05) is 23.2 Å². The third-order valence-electron chi connectivity index (χ3n) is 5.59. The first kappa shape index (κ1) is 17.7. The van der Waals surface area contributed by atoms with Crippen molar-refractivity contribution in [1.82, 2.24) is 5.32 Å². The van der Waals surface area contributed by atoms with E-state index >= 15 is 0 Å². The van der Waals surface area contributed by atoms with Crippen molar-refractivity contribution in [2.24, 2.45) is 0 Å². The van der Waals surface area contributed by atoms with Crippen LogP contribution in [0.1, 0.15) is 36.6 Å². The monoisotopic (exact) mass is 363 g/mol. The second-order valence-corrected chi connectivity index (χ2v) is 7.50. The highest BCUT2D eigenvalue weighted by Gasteiger charge is 2.26. The van der Waals surface area contributed by atoms with Gasteiger partial charge in [-0.1, -0.05) is 24.3 Å². The second kappa shape index (κ2) is 6.46. The van der Waals surface area contributed by atoms with E-state index in [1.807, 2.05) is 31.2 Å². The standard InChI is InChI=1S/C23H25NO3/c1-12-10-19(27-4)22-16(6-5-7-18(22)25)20(12)17-9-8-15-11-13(2)24-14(3)21(15)23(17)26/h5-10,13-14,24-26H,11H2,1-4H3/t13-,14+/m1/s1. The van der Waals surface area contributed by atoms with Crippen molar-refractivity contribution >= 4 is 10.8 Å². The number of methoxy groups -OCH3 is 1. The van der Waals surface area contributed by atoms with Gasteiger partial charge in [0.05, 0.1) is 12.5 Å². The Labute approximate surface area is 159 Å². The van der Waals surface area contributed by atoms with Crippen molar-refractivity contribution in [3.05, 3.63) is 53.1 Å². The van der Waals surface area contributed by atoms with Gasteiger partial charge in [-0.3, -0.25) is 0 Å². The summed E-state index contributed by atoms with van der Waals surface area (Å²) in [5, 5.41) is 26.7. The van der Waals surface area contributed by atoms with E-state index in [4.69, 9.17) is 4.74 Å². The molecule has 0 amide bonds. The van der Waals surface area contributed by atoms with Gasteiger partial charge < -0.3 is 20.3 Å². The minimum Gasteiger partial charge on any atom is -0.507 e. The molecule has 0 spiro atoms. The van der Waals surface area contributed by atoms with E-state index in [9.17, 15) is 10.2 Å². The normalized spacial score (nSPS) is 19.1. The Balaban J connectivity index is 2.03. The summed E-state index contributed by atoms with van der Waals surface area (Å²) in [6.07, 6.45) is 0.899. The number of hydrogen-bond acceptors (Lipinski definition) is 4. The maximum atomic E-state index is 11.2. The van der Waals surface area contributed by atoms with Crippen LogP contribution in [0.2, 0.25) is 0 Å². The van der Waals surface area contributed by atoms with E-state index < -0.39 is 0 Å². The number of rotatable bonds is 2. The van der Waals surface area contributed by atoms with Crippen LogP contribution in [0.3, 0.4) is 0 Å². The molecule has 1 heterocycles. The number of ether oxygens (including phenoxy) is 1. The number of benzene rings is 3. The molecule has 27 heavy (non-hydrogen) atoms. The topological polar surface area (TPSA) is 61.7 Å². The highest BCUT2D eigenvalue weighted by molar-refractivity contribution is 6.05. The van der Waals surface area contributed by atoms with Gasteiger partial charge in [-0.2, -0.15) is 0 Å². The number of hydrogen-bond donors (Lipinski definition) is 3. The number of phenolic OH excluding ortho intramolecular Hbond substituents is 2. The largest absolute Gasteiger partial charge is 0.507 e. The molecule has 0 saturated carbocycles. The summed E-state index contributed by atoms with van der Waals surface area (Å²) in [7, 11) is 1.60. The van der Waals surface area contributed by atoms with Crippen LogP contribution in [-0.4, -0.2) is 23.4 Å². The fourth-order valence-electron chi connectivity index (χ4n) is 4.49. The third-order valence-corrected chi connectivity index (χ3v) is 5.59. The molecule has 140 valence electrons. The number of fused-ring (bicyclic) bond motifs is 2. The van der Waals surface area contributed by atoms with Crippen LogP contribution in [0, 0.1) is 6.92 Å². The van der Waals surface area contributed by atoms with Gasteiger partial charge in [-0.15, -0.1) is 0 Å². The Kier molecular flexibility index (Phi) is 4.23. The van der Waals surface area contributed by atoms with Gasteiger partial charge in [0.25, 0.3) is 0 Å². The number of aryl methyl sites for hydroxylation is 1. The molecule has 0 saturated heterocycles. The van der Waals surface area contributed by atoms with Crippen molar-refractivity contribution in [2.75, 3.05) is 7.11 Å². The molecule has 3 aromatic rings. The lowest BCUT2D eigenvalue weighted by atomic mass is 9.85. The number of phenols is 2. The summed E-state index contributed by atoms with van der Waals surface area (Å²) in [5.41, 5.74) is 4.85. The van der Waals surface area contributed by atoms with Crippen molar-refractivity contribution in [2.45, 2.75) is 39.3 Å². The van der Waals surface area contributed by atoms with Crippen LogP contribution >= 0.6 is 0 Å². The Hall–Kier alpha value is -2.72. The molecular formula is C23H25NO3. The minimum absolute atomic E-state index is 0.0851. The molecule has 3 N–H and O–H groups in total. The maximum absolute atomic E-state index is 11.2. The molecule has 0 fully saturated rings. The lowest BCUT2D eigenvalue weighted by molar-refractivity contribution is 0.410. The fourth-order valence-corrected chi connectivity index (χ4v) is 4.49. The van der Waals surface area contributed by atoms with Crippen LogP contribution in [0.15, 0.2) is 36.4 Å². The van der Waals surface area contributed by atoms with Gasteiger partial charge in [0.2, 0.25) is 0 Å². The zero-order valence-electron chi connectivity index (χ0n) is 16.1. The summed E-state index contributed by atoms with van der Waals surface area (Å²) in [5.74, 6) is 1.12. The second-order valence-electron chi connectivity index (χ2n) is 7.50. The Bertz CT molecular complexity index is 1040. The van der Waals surface area contributed by atoms with E-state index in [-0.39, 0.29) is 11.8 Å². The van der Waals surface area contributed by atoms with Crippen LogP contribution in [0.25, 0.3) is 21.9 Å². The lowest BCUT2D eigenvalue weighted by Gasteiger charge is -2.31. The summed E-state index contributed by atoms with van der Waals surface area (Å²) in [6.45, 7) is 6.25. The number of nitrogens with one attached hydrogen (secondary N) is 1. The van der Waals surface area contributed by atoms with Crippen molar-refractivity contribution < 1.29 is 14.9 Å². The van der Waals surface area contributed by atoms with E-state index in [2.05, 4.69) is 25.2 Å². The third kappa shape index (κ3) is 2.72. The average Bonchev–Trinajstić information content (AvgIpc) is 2.61. The molecule has 2 atom stereocenters. The van der Waals surface area contributed by atoms with Gasteiger partial charge in [0.15, 0.2) is 0 Å². The van der Waals surface area contributed by atoms with E-state index in [1.165, 1.54) is 5.56 Å². The molecule has 0 bridgehead atoms. The smallest absolute Gasteiger partial charge is 0.130 e. The predicted octanol–water partition coefficient (Wildman–Crippen LogP) is 4.83. The Morgan fingerprint density at radius 3 is 2.63 bits per heavy atom. The van der Waals surface area contributed by atoms with Gasteiger partial charge in [0.1, 0.15) is 17.2 Å². The highest BCUT2D eigenvalue weighted by atomic mass is 16.5. The highest BCUT2D eigenvalue weighted by Crippen LogP contribution is 2.46. The molecule has 1 aliphatic heterocycles. The number of aromatic hydroxyl groups is 2. The van der Waals surface area contributed by atoms with Gasteiger partial charge in [-0.05, 0) is 61.4 Å². The first-order valence-corrected chi connectivity index (χ1v) is 9.32. The molecule has 4 nitrogen and oxygen atoms in total. The van der Waals surface area contributed by atoms with Crippen molar-refractivity contribution in [3.8, 4) is 28.4 Å².